The Morgan fingerprint density at radius 3 is 2.61 bits per heavy atom. The zero-order valence-electron chi connectivity index (χ0n) is 12.0. The van der Waals surface area contributed by atoms with E-state index < -0.39 is 5.60 Å². The first-order valence-electron chi connectivity index (χ1n) is 7.00. The number of hydrogen-bond donors (Lipinski definition) is 2. The number of carbonyl (C=O) groups excluding carboxylic acids is 1. The Morgan fingerprint density at radius 2 is 2.06 bits per heavy atom. The Morgan fingerprint density at radius 1 is 1.33 bits per heavy atom. The van der Waals surface area contributed by atoms with E-state index in [0.717, 1.165) is 19.4 Å². The number of rotatable bonds is 1. The molecule has 1 saturated carbocycles. The molecule has 2 heterocycles. The van der Waals surface area contributed by atoms with Crippen LogP contribution < -0.4 is 10.6 Å². The van der Waals surface area contributed by atoms with Crippen LogP contribution in [0.25, 0.3) is 0 Å². The van der Waals surface area contributed by atoms with Crippen molar-refractivity contribution in [3.8, 4) is 0 Å². The molecular formula is C14H26N2O2. The minimum atomic E-state index is -0.428. The van der Waals surface area contributed by atoms with E-state index in [0.29, 0.717) is 12.0 Å². The molecule has 0 aromatic heterocycles. The van der Waals surface area contributed by atoms with Crippen LogP contribution in [-0.4, -0.2) is 29.8 Å². The molecule has 0 spiro atoms. The molecule has 2 N–H and O–H groups in total. The van der Waals surface area contributed by atoms with Crippen molar-refractivity contribution in [3.63, 3.8) is 0 Å². The molecule has 104 valence electrons. The van der Waals surface area contributed by atoms with Crippen LogP contribution in [-0.2, 0) is 4.74 Å². The van der Waals surface area contributed by atoms with E-state index in [1.54, 1.807) is 0 Å². The molecule has 4 nitrogen and oxygen atoms in total. The molecule has 18 heavy (non-hydrogen) atoms. The van der Waals surface area contributed by atoms with Gasteiger partial charge in [-0.3, -0.25) is 0 Å². The molecule has 3 rings (SSSR count). The van der Waals surface area contributed by atoms with Crippen molar-refractivity contribution in [3.05, 3.63) is 0 Å². The lowest BCUT2D eigenvalue weighted by atomic mass is 9.88. The second-order valence-electron chi connectivity index (χ2n) is 7.14. The Labute approximate surface area is 110 Å². The number of carbonyl (C=O) groups is 1. The molecule has 3 aliphatic rings. The number of alkyl carbamates (subject to hydrolysis) is 1. The normalized spacial score (nSPS) is 36.0. The van der Waals surface area contributed by atoms with Gasteiger partial charge >= 0.3 is 6.09 Å². The van der Waals surface area contributed by atoms with Gasteiger partial charge in [0, 0.05) is 11.6 Å². The fourth-order valence-corrected chi connectivity index (χ4v) is 3.24. The summed E-state index contributed by atoms with van der Waals surface area (Å²) in [7, 11) is 0. The van der Waals surface area contributed by atoms with E-state index in [4.69, 9.17) is 4.74 Å². The van der Waals surface area contributed by atoms with E-state index in [-0.39, 0.29) is 11.6 Å². The van der Waals surface area contributed by atoms with Gasteiger partial charge in [0.05, 0.1) is 0 Å². The van der Waals surface area contributed by atoms with E-state index in [1.807, 2.05) is 20.8 Å². The summed E-state index contributed by atoms with van der Waals surface area (Å²) in [5.74, 6) is 0.684. The van der Waals surface area contributed by atoms with Crippen molar-refractivity contribution in [2.24, 2.45) is 5.92 Å². The highest BCUT2D eigenvalue weighted by Gasteiger charge is 2.39. The van der Waals surface area contributed by atoms with Crippen LogP contribution in [0.2, 0.25) is 0 Å². The molecule has 0 radical (unpaired) electrons. The van der Waals surface area contributed by atoms with Gasteiger partial charge in [0.2, 0.25) is 0 Å². The number of ether oxygens (including phenoxy) is 1. The molecule has 0 unspecified atom stereocenters. The third kappa shape index (κ3) is 3.61. The minimum absolute atomic E-state index is 0.127. The Hall–Kier alpha value is -0.770. The van der Waals surface area contributed by atoms with Gasteiger partial charge in [-0.05, 0) is 65.8 Å². The van der Waals surface area contributed by atoms with Crippen LogP contribution >= 0.6 is 0 Å². The second kappa shape index (κ2) is 4.72. The van der Waals surface area contributed by atoms with Crippen LogP contribution in [0.15, 0.2) is 0 Å². The lowest BCUT2D eigenvalue weighted by molar-refractivity contribution is 0.0449. The second-order valence-corrected chi connectivity index (χ2v) is 7.14. The number of amides is 1. The molecule has 1 amide bonds. The maximum atomic E-state index is 11.9. The highest BCUT2D eigenvalue weighted by atomic mass is 16.6. The van der Waals surface area contributed by atoms with Gasteiger partial charge in [0.1, 0.15) is 5.60 Å². The molecule has 2 aliphatic heterocycles. The predicted octanol–water partition coefficient (Wildman–Crippen LogP) is 2.43. The van der Waals surface area contributed by atoms with Gasteiger partial charge in [0.25, 0.3) is 0 Å². The van der Waals surface area contributed by atoms with Crippen LogP contribution in [0.3, 0.4) is 0 Å². The number of fused-ring (bicyclic) bond motifs is 4. The summed E-state index contributed by atoms with van der Waals surface area (Å²) in [6, 6.07) is 0.545. The Balaban J connectivity index is 1.97. The lowest BCUT2D eigenvalue weighted by Gasteiger charge is -2.32. The highest BCUT2D eigenvalue weighted by Crippen LogP contribution is 2.34. The standard InChI is InChI=1S/C14H26N2O2/c1-13(2,3)18-12(17)16-14(4)7-10-5-6-11(8-14)15-9-10/h10-11,15H,5-9H2,1-4H3,(H,16,17)/t10-,11-,14-/m1/s1. The summed E-state index contributed by atoms with van der Waals surface area (Å²) < 4.78 is 5.37. The fraction of sp³-hybridized carbons (Fsp3) is 0.929. The van der Waals surface area contributed by atoms with E-state index in [2.05, 4.69) is 17.6 Å². The molecule has 3 fully saturated rings. The largest absolute Gasteiger partial charge is 0.444 e. The minimum Gasteiger partial charge on any atom is -0.444 e. The van der Waals surface area contributed by atoms with E-state index >= 15 is 0 Å². The summed E-state index contributed by atoms with van der Waals surface area (Å²) in [5.41, 5.74) is -0.555. The van der Waals surface area contributed by atoms with Crippen LogP contribution in [0.4, 0.5) is 4.79 Å². The van der Waals surface area contributed by atoms with Crippen LogP contribution in [0, 0.1) is 5.92 Å². The molecular weight excluding hydrogens is 228 g/mol. The van der Waals surface area contributed by atoms with Gasteiger partial charge in [-0.2, -0.15) is 0 Å². The fourth-order valence-electron chi connectivity index (χ4n) is 3.24. The summed E-state index contributed by atoms with van der Waals surface area (Å²) in [6.45, 7) is 8.93. The first kappa shape index (κ1) is 13.7. The Kier molecular flexibility index (Phi) is 3.58. The summed E-state index contributed by atoms with van der Waals surface area (Å²) in [6.07, 6.45) is 4.28. The monoisotopic (exact) mass is 254 g/mol. The summed E-state index contributed by atoms with van der Waals surface area (Å²) in [5, 5.41) is 6.66. The lowest BCUT2D eigenvalue weighted by Crippen LogP contribution is -2.49. The van der Waals surface area contributed by atoms with Crippen molar-refractivity contribution < 1.29 is 9.53 Å². The number of hydrogen-bond acceptors (Lipinski definition) is 3. The van der Waals surface area contributed by atoms with Gasteiger partial charge in [-0.25, -0.2) is 4.79 Å². The first-order valence-corrected chi connectivity index (χ1v) is 7.00. The zero-order valence-corrected chi connectivity index (χ0v) is 12.0. The van der Waals surface area contributed by atoms with Crippen LogP contribution in [0.1, 0.15) is 53.4 Å². The molecule has 2 bridgehead atoms. The smallest absolute Gasteiger partial charge is 0.408 e. The van der Waals surface area contributed by atoms with Crippen molar-refractivity contribution in [2.75, 3.05) is 6.54 Å². The molecule has 4 heteroatoms. The molecule has 1 aliphatic carbocycles. The molecule has 0 aromatic rings. The Bertz CT molecular complexity index is 300. The van der Waals surface area contributed by atoms with Gasteiger partial charge in [-0.1, -0.05) is 0 Å². The summed E-state index contributed by atoms with van der Waals surface area (Å²) >= 11 is 0. The van der Waals surface area contributed by atoms with Crippen molar-refractivity contribution in [1.29, 1.82) is 0 Å². The predicted molar refractivity (Wildman–Crippen MR) is 71.5 cm³/mol. The third-order valence-corrected chi connectivity index (χ3v) is 3.86. The van der Waals surface area contributed by atoms with Crippen molar-refractivity contribution in [2.45, 2.75) is 70.6 Å². The van der Waals surface area contributed by atoms with E-state index in [9.17, 15) is 4.79 Å². The summed E-state index contributed by atoms with van der Waals surface area (Å²) in [4.78, 5) is 11.9. The average Bonchev–Trinajstić information content (AvgIpc) is 2.40. The van der Waals surface area contributed by atoms with Crippen molar-refractivity contribution in [1.82, 2.24) is 10.6 Å². The number of nitrogens with one attached hydrogen (secondary N) is 2. The third-order valence-electron chi connectivity index (χ3n) is 3.86. The number of piperidine rings is 1. The van der Waals surface area contributed by atoms with Gasteiger partial charge in [0.15, 0.2) is 0 Å². The first-order chi connectivity index (χ1) is 8.26. The SMILES string of the molecule is CC(C)(C)OC(=O)N[C@]1(C)C[C@H]2CC[C@H](C1)NC2. The maximum Gasteiger partial charge on any atom is 0.408 e. The highest BCUT2D eigenvalue weighted by molar-refractivity contribution is 5.68. The van der Waals surface area contributed by atoms with Gasteiger partial charge < -0.3 is 15.4 Å². The zero-order chi connectivity index (χ0) is 13.4. The molecule has 2 saturated heterocycles. The van der Waals surface area contributed by atoms with Crippen LogP contribution in [0.5, 0.6) is 0 Å². The average molecular weight is 254 g/mol. The quantitative estimate of drug-likeness (QED) is 0.755. The topological polar surface area (TPSA) is 50.4 Å². The molecule has 3 atom stereocenters. The van der Waals surface area contributed by atoms with Crippen molar-refractivity contribution >= 4 is 6.09 Å². The van der Waals surface area contributed by atoms with E-state index in [1.165, 1.54) is 12.8 Å². The molecule has 0 aromatic carbocycles. The maximum absolute atomic E-state index is 11.9. The van der Waals surface area contributed by atoms with Gasteiger partial charge in [-0.15, -0.1) is 0 Å².